The molecule has 88 valence electrons. The molecule has 1 aromatic carbocycles. The molecular weight excluding hydrogens is 238 g/mol. The first kappa shape index (κ1) is 13.1. The summed E-state index contributed by atoms with van der Waals surface area (Å²) in [6.07, 6.45) is 1.46. The van der Waals surface area contributed by atoms with E-state index in [0.29, 0.717) is 10.7 Å². The molecule has 0 fully saturated rings. The summed E-state index contributed by atoms with van der Waals surface area (Å²) in [4.78, 5) is 13.4. The van der Waals surface area contributed by atoms with Crippen LogP contribution in [0.3, 0.4) is 0 Å². The average Bonchev–Trinajstić information content (AvgIpc) is 2.25. The monoisotopic (exact) mass is 249 g/mol. The van der Waals surface area contributed by atoms with E-state index in [-0.39, 0.29) is 5.57 Å². The Morgan fingerprint density at radius 3 is 2.76 bits per heavy atom. The van der Waals surface area contributed by atoms with E-state index < -0.39 is 5.91 Å². The highest BCUT2D eigenvalue weighted by Gasteiger charge is 2.09. The summed E-state index contributed by atoms with van der Waals surface area (Å²) in [5.74, 6) is -0.455. The molecule has 17 heavy (non-hydrogen) atoms. The summed E-state index contributed by atoms with van der Waals surface area (Å²) in [5.41, 5.74) is 0.595. The van der Waals surface area contributed by atoms with Gasteiger partial charge in [-0.2, -0.15) is 5.26 Å². The van der Waals surface area contributed by atoms with Crippen molar-refractivity contribution < 1.29 is 4.79 Å². The molecule has 0 spiro atoms. The van der Waals surface area contributed by atoms with Crippen LogP contribution in [0.2, 0.25) is 5.02 Å². The molecule has 0 aliphatic carbocycles. The number of amides is 1. The van der Waals surface area contributed by atoms with Gasteiger partial charge in [0.1, 0.15) is 11.6 Å². The molecule has 0 aromatic heterocycles. The van der Waals surface area contributed by atoms with Crippen LogP contribution in [-0.2, 0) is 4.79 Å². The Morgan fingerprint density at radius 1 is 1.53 bits per heavy atom. The van der Waals surface area contributed by atoms with Crippen molar-refractivity contribution in [3.05, 3.63) is 41.1 Å². The summed E-state index contributed by atoms with van der Waals surface area (Å²) in [7, 11) is 3.48. The zero-order chi connectivity index (χ0) is 12.8. The minimum atomic E-state index is -0.455. The standard InChI is InChI=1S/C12H12ClN3O/c1-16(2)8-9(7-14)12(17)15-11-5-3-4-10(13)6-11/h3-6,8H,1-2H3,(H,15,17)/b9-8+. The third kappa shape index (κ3) is 4.17. The lowest BCUT2D eigenvalue weighted by Crippen LogP contribution is -2.16. The van der Waals surface area contributed by atoms with Gasteiger partial charge in [0.25, 0.3) is 5.91 Å². The molecule has 0 bridgehead atoms. The van der Waals surface area contributed by atoms with Gasteiger partial charge >= 0.3 is 0 Å². The fourth-order valence-corrected chi connectivity index (χ4v) is 1.35. The van der Waals surface area contributed by atoms with Gasteiger partial charge < -0.3 is 10.2 Å². The van der Waals surface area contributed by atoms with Gasteiger partial charge in [-0.25, -0.2) is 0 Å². The van der Waals surface area contributed by atoms with E-state index in [1.165, 1.54) is 6.20 Å². The minimum Gasteiger partial charge on any atom is -0.382 e. The molecule has 0 unspecified atom stereocenters. The van der Waals surface area contributed by atoms with Crippen LogP contribution in [-0.4, -0.2) is 24.9 Å². The van der Waals surface area contributed by atoms with Gasteiger partial charge in [-0.15, -0.1) is 0 Å². The number of hydrogen-bond donors (Lipinski definition) is 1. The molecule has 0 saturated heterocycles. The lowest BCUT2D eigenvalue weighted by Gasteiger charge is -2.07. The van der Waals surface area contributed by atoms with Gasteiger partial charge in [-0.1, -0.05) is 17.7 Å². The summed E-state index contributed by atoms with van der Waals surface area (Å²) >= 11 is 5.79. The van der Waals surface area contributed by atoms with Crippen LogP contribution in [0.4, 0.5) is 5.69 Å². The van der Waals surface area contributed by atoms with Crippen LogP contribution < -0.4 is 5.32 Å². The quantitative estimate of drug-likeness (QED) is 0.660. The number of nitriles is 1. The second-order valence-electron chi connectivity index (χ2n) is 3.58. The number of rotatable bonds is 3. The number of carbonyl (C=O) groups excluding carboxylic acids is 1. The summed E-state index contributed by atoms with van der Waals surface area (Å²) < 4.78 is 0. The fraction of sp³-hybridized carbons (Fsp3) is 0.167. The lowest BCUT2D eigenvalue weighted by atomic mass is 10.2. The zero-order valence-electron chi connectivity index (χ0n) is 9.57. The van der Waals surface area contributed by atoms with Crippen LogP contribution in [0.1, 0.15) is 0 Å². The number of carbonyl (C=O) groups is 1. The van der Waals surface area contributed by atoms with Crippen molar-refractivity contribution in [2.45, 2.75) is 0 Å². The Hall–Kier alpha value is -1.99. The van der Waals surface area contributed by atoms with E-state index in [0.717, 1.165) is 0 Å². The molecule has 1 N–H and O–H groups in total. The van der Waals surface area contributed by atoms with E-state index in [9.17, 15) is 4.79 Å². The number of nitrogens with zero attached hydrogens (tertiary/aromatic N) is 2. The molecule has 0 aliphatic rings. The highest BCUT2D eigenvalue weighted by Crippen LogP contribution is 2.15. The summed E-state index contributed by atoms with van der Waals surface area (Å²) in [6.45, 7) is 0. The number of hydrogen-bond acceptors (Lipinski definition) is 3. The van der Waals surface area contributed by atoms with Gasteiger partial charge in [0.2, 0.25) is 0 Å². The maximum absolute atomic E-state index is 11.7. The topological polar surface area (TPSA) is 56.1 Å². The maximum atomic E-state index is 11.7. The summed E-state index contributed by atoms with van der Waals surface area (Å²) in [6, 6.07) is 8.59. The third-order valence-corrected chi connectivity index (χ3v) is 2.07. The molecule has 0 saturated carbocycles. The van der Waals surface area contributed by atoms with E-state index in [4.69, 9.17) is 16.9 Å². The molecule has 0 aliphatic heterocycles. The van der Waals surface area contributed by atoms with Crippen LogP contribution in [0.5, 0.6) is 0 Å². The predicted molar refractivity (Wildman–Crippen MR) is 67.5 cm³/mol. The lowest BCUT2D eigenvalue weighted by molar-refractivity contribution is -0.112. The highest BCUT2D eigenvalue weighted by molar-refractivity contribution is 6.31. The molecule has 0 atom stereocenters. The van der Waals surface area contributed by atoms with Crippen LogP contribution in [0.15, 0.2) is 36.0 Å². The zero-order valence-corrected chi connectivity index (χ0v) is 10.3. The first-order chi connectivity index (χ1) is 8.02. The first-order valence-corrected chi connectivity index (χ1v) is 5.26. The maximum Gasteiger partial charge on any atom is 0.267 e. The largest absolute Gasteiger partial charge is 0.382 e. The molecular formula is C12H12ClN3O. The molecule has 0 heterocycles. The average molecular weight is 250 g/mol. The van der Waals surface area contributed by atoms with Gasteiger partial charge in [-0.05, 0) is 18.2 Å². The van der Waals surface area contributed by atoms with Gasteiger partial charge in [0, 0.05) is 31.0 Å². The molecule has 1 amide bonds. The second kappa shape index (κ2) is 5.92. The van der Waals surface area contributed by atoms with E-state index in [2.05, 4.69) is 5.32 Å². The highest BCUT2D eigenvalue weighted by atomic mass is 35.5. The summed E-state index contributed by atoms with van der Waals surface area (Å²) in [5, 5.41) is 12.0. The van der Waals surface area contributed by atoms with E-state index >= 15 is 0 Å². The Labute approximate surface area is 105 Å². The Bertz CT molecular complexity index is 489. The molecule has 5 heteroatoms. The number of benzene rings is 1. The SMILES string of the molecule is CN(C)/C=C(\C#N)C(=O)Nc1cccc(Cl)c1. The van der Waals surface area contributed by atoms with Gasteiger partial charge in [0.15, 0.2) is 0 Å². The van der Waals surface area contributed by atoms with Crippen molar-refractivity contribution >= 4 is 23.2 Å². The minimum absolute atomic E-state index is 0.0370. The fourth-order valence-electron chi connectivity index (χ4n) is 1.16. The second-order valence-corrected chi connectivity index (χ2v) is 4.02. The number of nitrogens with one attached hydrogen (secondary N) is 1. The van der Waals surface area contributed by atoms with Crippen LogP contribution in [0, 0.1) is 11.3 Å². The van der Waals surface area contributed by atoms with Crippen molar-refractivity contribution in [2.24, 2.45) is 0 Å². The van der Waals surface area contributed by atoms with E-state index in [1.807, 2.05) is 6.07 Å². The van der Waals surface area contributed by atoms with E-state index in [1.54, 1.807) is 43.3 Å². The van der Waals surface area contributed by atoms with Crippen LogP contribution >= 0.6 is 11.6 Å². The van der Waals surface area contributed by atoms with Gasteiger partial charge in [0.05, 0.1) is 0 Å². The molecule has 1 rings (SSSR count). The first-order valence-electron chi connectivity index (χ1n) is 4.88. The van der Waals surface area contributed by atoms with Crippen molar-refractivity contribution in [3.8, 4) is 6.07 Å². The van der Waals surface area contributed by atoms with Crippen molar-refractivity contribution in [1.29, 1.82) is 5.26 Å². The third-order valence-electron chi connectivity index (χ3n) is 1.83. The molecule has 1 aromatic rings. The Kier molecular flexibility index (Phi) is 4.56. The number of halogens is 1. The Balaban J connectivity index is 2.82. The smallest absolute Gasteiger partial charge is 0.267 e. The Morgan fingerprint density at radius 2 is 2.24 bits per heavy atom. The normalized spacial score (nSPS) is 10.6. The molecule has 4 nitrogen and oxygen atoms in total. The molecule has 0 radical (unpaired) electrons. The van der Waals surface area contributed by atoms with Crippen molar-refractivity contribution in [3.63, 3.8) is 0 Å². The van der Waals surface area contributed by atoms with Crippen LogP contribution in [0.25, 0.3) is 0 Å². The number of anilines is 1. The van der Waals surface area contributed by atoms with Gasteiger partial charge in [-0.3, -0.25) is 4.79 Å². The van der Waals surface area contributed by atoms with Crippen molar-refractivity contribution in [2.75, 3.05) is 19.4 Å². The van der Waals surface area contributed by atoms with Crippen molar-refractivity contribution in [1.82, 2.24) is 4.90 Å². The predicted octanol–water partition coefficient (Wildman–Crippen LogP) is 2.25.